The van der Waals surface area contributed by atoms with Crippen LogP contribution in [0.5, 0.6) is 0 Å². The minimum Gasteiger partial charge on any atom is -0.467 e. The predicted molar refractivity (Wildman–Crippen MR) is 17.4 cm³/mol. The molecule has 0 aromatic carbocycles. The fourth-order valence-electron chi connectivity index (χ4n) is 0.186. The van der Waals surface area contributed by atoms with Crippen LogP contribution >= 0.6 is 0 Å². The Morgan fingerprint density at radius 2 is 2.80 bits per heavy atom. The summed E-state index contributed by atoms with van der Waals surface area (Å²) < 4.78 is 0. The van der Waals surface area contributed by atoms with Crippen LogP contribution in [0.15, 0.2) is 12.4 Å². The molecule has 0 aliphatic heterocycles. The van der Waals surface area contributed by atoms with Crippen molar-refractivity contribution in [3.63, 3.8) is 0 Å². The van der Waals surface area contributed by atoms with Crippen molar-refractivity contribution in [2.75, 3.05) is 0 Å². The van der Waals surface area contributed by atoms with Crippen molar-refractivity contribution in [1.82, 2.24) is 9.97 Å². The zero-order chi connectivity index (χ0) is 3.54. The summed E-state index contributed by atoms with van der Waals surface area (Å²) in [5.74, 6) is 0. The summed E-state index contributed by atoms with van der Waals surface area (Å²) in [7, 11) is 0. The number of nitrogens with zero attached hydrogens (tertiary/aromatic N) is 1. The van der Waals surface area contributed by atoms with Crippen LogP contribution in [0.2, 0.25) is 0 Å². The standard InChI is InChI=1S/C3H3N2/c1-2-5-3-4-1/h1-2H,(H,4,5)/q-1. The highest BCUT2D eigenvalue weighted by Gasteiger charge is 1.43. The van der Waals surface area contributed by atoms with Crippen LogP contribution in [0.1, 0.15) is 0 Å². The maximum Gasteiger partial charge on any atom is -0.00235 e. The smallest absolute Gasteiger partial charge is 0.00235 e. The maximum absolute atomic E-state index is 3.54. The molecule has 0 atom stereocenters. The van der Waals surface area contributed by atoms with Gasteiger partial charge in [0, 0.05) is 0 Å². The second-order valence-corrected chi connectivity index (χ2v) is 0.701. The third-order valence-corrected chi connectivity index (χ3v) is 0.362. The van der Waals surface area contributed by atoms with Gasteiger partial charge in [-0.3, -0.25) is 0 Å². The molecule has 0 saturated carbocycles. The number of rotatable bonds is 0. The molecule has 0 aliphatic carbocycles. The van der Waals surface area contributed by atoms with Crippen LogP contribution in [-0.2, 0) is 0 Å². The number of H-pyrrole nitrogens is 1. The van der Waals surface area contributed by atoms with Gasteiger partial charge in [0.1, 0.15) is 0 Å². The highest BCUT2D eigenvalue weighted by molar-refractivity contribution is 4.63. The van der Waals surface area contributed by atoms with Crippen LogP contribution < -0.4 is 0 Å². The van der Waals surface area contributed by atoms with E-state index < -0.39 is 0 Å². The fraction of sp³-hybridized carbons (Fsp3) is 0. The van der Waals surface area contributed by atoms with Crippen LogP contribution in [0.25, 0.3) is 0 Å². The van der Waals surface area contributed by atoms with Gasteiger partial charge in [-0.05, 0) is 6.33 Å². The van der Waals surface area contributed by atoms with Gasteiger partial charge in [0.2, 0.25) is 0 Å². The van der Waals surface area contributed by atoms with Crippen LogP contribution in [0.4, 0.5) is 0 Å². The van der Waals surface area contributed by atoms with Gasteiger partial charge in [-0.15, -0.1) is 12.4 Å². The summed E-state index contributed by atoms with van der Waals surface area (Å²) in [6, 6.07) is 0. The number of hydrogen-bond donors (Lipinski definition) is 1. The molecule has 5 heavy (non-hydrogen) atoms. The van der Waals surface area contributed by atoms with Gasteiger partial charge >= 0.3 is 0 Å². The summed E-state index contributed by atoms with van der Waals surface area (Å²) in [6.45, 7) is 0. The first-order valence-corrected chi connectivity index (χ1v) is 1.35. The SMILES string of the molecule is [c-]1ncc[nH]1. The zero-order valence-electron chi connectivity index (χ0n) is 2.60. The Morgan fingerprint density at radius 3 is 3.00 bits per heavy atom. The quantitative estimate of drug-likeness (QED) is 0.432. The first-order chi connectivity index (χ1) is 2.50. The second-order valence-electron chi connectivity index (χ2n) is 0.701. The lowest BCUT2D eigenvalue weighted by Crippen LogP contribution is -1.46. The molecule has 2 heteroatoms. The van der Waals surface area contributed by atoms with Gasteiger partial charge in [0.15, 0.2) is 0 Å². The van der Waals surface area contributed by atoms with Gasteiger partial charge in [0.25, 0.3) is 0 Å². The molecule has 0 spiro atoms. The van der Waals surface area contributed by atoms with E-state index in [1.165, 1.54) is 0 Å². The van der Waals surface area contributed by atoms with Crippen molar-refractivity contribution in [2.24, 2.45) is 0 Å². The monoisotopic (exact) mass is 67.0 g/mol. The largest absolute Gasteiger partial charge is 0.467 e. The van der Waals surface area contributed by atoms with Crippen molar-refractivity contribution < 1.29 is 0 Å². The Morgan fingerprint density at radius 1 is 1.80 bits per heavy atom. The van der Waals surface area contributed by atoms with E-state index in [-0.39, 0.29) is 0 Å². The minimum atomic E-state index is 1.64. The third kappa shape index (κ3) is 0.265. The Balaban J connectivity index is 3.13. The molecule has 0 saturated heterocycles. The average molecular weight is 67.1 g/mol. The molecular weight excluding hydrogens is 64.0 g/mol. The molecule has 1 heterocycles. The molecule has 0 fully saturated rings. The number of aromatic nitrogens is 2. The molecule has 0 bridgehead atoms. The second kappa shape index (κ2) is 0.885. The van der Waals surface area contributed by atoms with Crippen molar-refractivity contribution >= 4 is 0 Å². The van der Waals surface area contributed by atoms with E-state index in [1.54, 1.807) is 12.4 Å². The van der Waals surface area contributed by atoms with Gasteiger partial charge in [-0.25, -0.2) is 0 Å². The number of aromatic amines is 1. The van der Waals surface area contributed by atoms with Gasteiger partial charge in [-0.2, -0.15) is 0 Å². The van der Waals surface area contributed by atoms with E-state index in [0.717, 1.165) is 0 Å². The van der Waals surface area contributed by atoms with E-state index >= 15 is 0 Å². The Kier molecular flexibility index (Phi) is 0.433. The molecule has 0 unspecified atom stereocenters. The molecule has 0 amide bonds. The maximum atomic E-state index is 3.54. The molecule has 2 nitrogen and oxygen atoms in total. The molecule has 1 aromatic heterocycles. The van der Waals surface area contributed by atoms with Crippen molar-refractivity contribution in [3.8, 4) is 0 Å². The van der Waals surface area contributed by atoms with Crippen LogP contribution in [0, 0.1) is 6.33 Å². The normalized spacial score (nSPS) is 8.00. The van der Waals surface area contributed by atoms with Crippen molar-refractivity contribution in [2.45, 2.75) is 0 Å². The summed E-state index contributed by atoms with van der Waals surface area (Å²) >= 11 is 0. The Bertz CT molecular complexity index is 61.4. The molecule has 1 N–H and O–H groups in total. The third-order valence-electron chi connectivity index (χ3n) is 0.362. The van der Waals surface area contributed by atoms with Gasteiger partial charge < -0.3 is 9.97 Å². The summed E-state index contributed by atoms with van der Waals surface area (Å²) in [6.07, 6.45) is 5.83. The predicted octanol–water partition coefficient (Wildman–Crippen LogP) is 0.210. The average Bonchev–Trinajstić information content (AvgIpc) is 1.76. The van der Waals surface area contributed by atoms with E-state index in [9.17, 15) is 0 Å². The zero-order valence-corrected chi connectivity index (χ0v) is 2.60. The lowest BCUT2D eigenvalue weighted by atomic mass is 11.0. The van der Waals surface area contributed by atoms with Gasteiger partial charge in [-0.1, -0.05) is 0 Å². The fourth-order valence-corrected chi connectivity index (χ4v) is 0.186. The molecule has 26 valence electrons. The van der Waals surface area contributed by atoms with Crippen LogP contribution in [0.3, 0.4) is 0 Å². The molecule has 1 rings (SSSR count). The molecule has 0 radical (unpaired) electrons. The number of hydrogen-bond acceptors (Lipinski definition) is 1. The molecular formula is C3H3N2-. The molecule has 1 aromatic rings. The number of nitrogens with one attached hydrogen (secondary N) is 1. The lowest BCUT2D eigenvalue weighted by Gasteiger charge is -1.58. The Labute approximate surface area is 29.9 Å². The lowest BCUT2D eigenvalue weighted by molar-refractivity contribution is 1.29. The highest BCUT2D eigenvalue weighted by atomic mass is 14.8. The molecule has 0 aliphatic rings. The Hall–Kier alpha value is -0.790. The first-order valence-electron chi connectivity index (χ1n) is 1.35. The summed E-state index contributed by atoms with van der Waals surface area (Å²) in [5.41, 5.74) is 0. The van der Waals surface area contributed by atoms with Gasteiger partial charge in [0.05, 0.1) is 0 Å². The van der Waals surface area contributed by atoms with Crippen molar-refractivity contribution in [1.29, 1.82) is 0 Å². The summed E-state index contributed by atoms with van der Waals surface area (Å²) in [4.78, 5) is 6.17. The van der Waals surface area contributed by atoms with E-state index in [4.69, 9.17) is 0 Å². The van der Waals surface area contributed by atoms with Crippen molar-refractivity contribution in [3.05, 3.63) is 18.7 Å². The summed E-state index contributed by atoms with van der Waals surface area (Å²) in [5, 5.41) is 0. The highest BCUT2D eigenvalue weighted by Crippen LogP contribution is 1.61. The van der Waals surface area contributed by atoms with E-state index in [1.807, 2.05) is 0 Å². The topological polar surface area (TPSA) is 28.7 Å². The van der Waals surface area contributed by atoms with E-state index in [2.05, 4.69) is 16.3 Å². The minimum absolute atomic E-state index is 1.64. The first kappa shape index (κ1) is 2.45. The van der Waals surface area contributed by atoms with E-state index in [0.29, 0.717) is 0 Å². The number of imidazole rings is 1. The van der Waals surface area contributed by atoms with Crippen LogP contribution in [-0.4, -0.2) is 9.97 Å².